The van der Waals surface area contributed by atoms with E-state index in [1.165, 1.54) is 5.56 Å². The highest BCUT2D eigenvalue weighted by Gasteiger charge is 2.33. The van der Waals surface area contributed by atoms with Gasteiger partial charge in [0.05, 0.1) is 20.3 Å². The van der Waals surface area contributed by atoms with Gasteiger partial charge < -0.3 is 19.1 Å². The molecule has 1 unspecified atom stereocenters. The Hall–Kier alpha value is -3.47. The molecule has 3 aromatic rings. The molecule has 3 aromatic carbocycles. The van der Waals surface area contributed by atoms with E-state index in [9.17, 15) is 4.79 Å². The molecule has 172 valence electrons. The normalized spacial score (nSPS) is 15.0. The van der Waals surface area contributed by atoms with Gasteiger partial charge in [-0.15, -0.1) is 0 Å². The third kappa shape index (κ3) is 4.82. The second-order valence-electron chi connectivity index (χ2n) is 8.34. The summed E-state index contributed by atoms with van der Waals surface area (Å²) in [5.74, 6) is 2.15. The first-order valence-electron chi connectivity index (χ1n) is 11.4. The molecule has 5 nitrogen and oxygen atoms in total. The molecule has 33 heavy (non-hydrogen) atoms. The highest BCUT2D eigenvalue weighted by molar-refractivity contribution is 5.94. The Bertz CT molecular complexity index is 1110. The zero-order chi connectivity index (χ0) is 23.4. The summed E-state index contributed by atoms with van der Waals surface area (Å²) >= 11 is 0. The monoisotopic (exact) mass is 445 g/mol. The summed E-state index contributed by atoms with van der Waals surface area (Å²) in [6.45, 7) is 5.11. The number of hydrogen-bond donors (Lipinski definition) is 0. The average molecular weight is 446 g/mol. The molecule has 1 atom stereocenters. The molecule has 5 heteroatoms. The Morgan fingerprint density at radius 3 is 2.27 bits per heavy atom. The predicted molar refractivity (Wildman–Crippen MR) is 130 cm³/mol. The maximum Gasteiger partial charge on any atom is 0.254 e. The Kier molecular flexibility index (Phi) is 6.87. The standard InChI is InChI=1S/C28H31NO4/c1-5-20-8-12-23(13-9-20)33-18-25-24-17-27(32-4)26(31-3)16-22(24)14-15-29(25)28(30)21-10-6-19(2)7-11-21/h6-13,16-17,25H,5,14-15,18H2,1-4H3. The van der Waals surface area contributed by atoms with Gasteiger partial charge >= 0.3 is 0 Å². The van der Waals surface area contributed by atoms with Crippen LogP contribution in [0.3, 0.4) is 0 Å². The van der Waals surface area contributed by atoms with E-state index in [2.05, 4.69) is 19.1 Å². The van der Waals surface area contributed by atoms with Gasteiger partial charge in [0.2, 0.25) is 0 Å². The van der Waals surface area contributed by atoms with E-state index in [1.54, 1.807) is 14.2 Å². The van der Waals surface area contributed by atoms with E-state index in [4.69, 9.17) is 14.2 Å². The summed E-state index contributed by atoms with van der Waals surface area (Å²) in [4.78, 5) is 15.4. The molecule has 0 aromatic heterocycles. The predicted octanol–water partition coefficient (Wildman–Crippen LogP) is 5.39. The summed E-state index contributed by atoms with van der Waals surface area (Å²) in [5, 5.41) is 0. The zero-order valence-electron chi connectivity index (χ0n) is 19.8. The van der Waals surface area contributed by atoms with Gasteiger partial charge in [-0.1, -0.05) is 36.8 Å². The number of aryl methyl sites for hydroxylation is 2. The van der Waals surface area contributed by atoms with Crippen LogP contribution in [0.4, 0.5) is 0 Å². The van der Waals surface area contributed by atoms with E-state index in [-0.39, 0.29) is 11.9 Å². The fourth-order valence-electron chi connectivity index (χ4n) is 4.31. The van der Waals surface area contributed by atoms with Crippen molar-refractivity contribution in [1.82, 2.24) is 4.90 Å². The summed E-state index contributed by atoms with van der Waals surface area (Å²) in [5.41, 5.74) is 5.25. The first kappa shape index (κ1) is 22.7. The quantitative estimate of drug-likeness (QED) is 0.489. The lowest BCUT2D eigenvalue weighted by Crippen LogP contribution is -2.42. The molecule has 1 heterocycles. The maximum absolute atomic E-state index is 13.5. The number of fused-ring (bicyclic) bond motifs is 1. The number of amides is 1. The summed E-state index contributed by atoms with van der Waals surface area (Å²) < 4.78 is 17.3. The minimum absolute atomic E-state index is 0.00497. The number of carbonyl (C=O) groups excluding carboxylic acids is 1. The lowest BCUT2D eigenvalue weighted by molar-refractivity contribution is 0.0589. The van der Waals surface area contributed by atoms with E-state index >= 15 is 0 Å². The second kappa shape index (κ2) is 9.99. The Morgan fingerprint density at radius 2 is 1.64 bits per heavy atom. The molecule has 0 aliphatic carbocycles. The van der Waals surface area contributed by atoms with Crippen LogP contribution in [0, 0.1) is 6.92 Å². The van der Waals surface area contributed by atoms with Crippen LogP contribution in [0.25, 0.3) is 0 Å². The van der Waals surface area contributed by atoms with Crippen LogP contribution >= 0.6 is 0 Å². The van der Waals surface area contributed by atoms with Gasteiger partial charge in [-0.3, -0.25) is 4.79 Å². The topological polar surface area (TPSA) is 48.0 Å². The lowest BCUT2D eigenvalue weighted by atomic mass is 9.91. The number of rotatable bonds is 7. The van der Waals surface area contributed by atoms with Crippen LogP contribution in [0.15, 0.2) is 60.7 Å². The van der Waals surface area contributed by atoms with Crippen molar-refractivity contribution in [3.05, 3.63) is 88.5 Å². The van der Waals surface area contributed by atoms with Crippen LogP contribution < -0.4 is 14.2 Å². The molecular weight excluding hydrogens is 414 g/mol. The number of ether oxygens (including phenoxy) is 3. The molecule has 4 rings (SSSR count). The summed E-state index contributed by atoms with van der Waals surface area (Å²) in [6.07, 6.45) is 1.73. The first-order valence-corrected chi connectivity index (χ1v) is 11.4. The minimum atomic E-state index is -0.242. The number of nitrogens with zero attached hydrogens (tertiary/aromatic N) is 1. The highest BCUT2D eigenvalue weighted by Crippen LogP contribution is 2.39. The largest absolute Gasteiger partial charge is 0.493 e. The Balaban J connectivity index is 1.68. The van der Waals surface area contributed by atoms with Gasteiger partial charge in [0.15, 0.2) is 11.5 Å². The second-order valence-corrected chi connectivity index (χ2v) is 8.34. The van der Waals surface area contributed by atoms with Crippen LogP contribution in [0.5, 0.6) is 17.2 Å². The van der Waals surface area contributed by atoms with Gasteiger partial charge in [0.25, 0.3) is 5.91 Å². The average Bonchev–Trinajstić information content (AvgIpc) is 2.86. The van der Waals surface area contributed by atoms with Crippen LogP contribution in [-0.2, 0) is 12.8 Å². The van der Waals surface area contributed by atoms with Crippen molar-refractivity contribution in [2.75, 3.05) is 27.4 Å². The van der Waals surface area contributed by atoms with E-state index in [0.717, 1.165) is 35.3 Å². The van der Waals surface area contributed by atoms with Crippen LogP contribution in [0.2, 0.25) is 0 Å². The van der Waals surface area contributed by atoms with Crippen molar-refractivity contribution in [3.63, 3.8) is 0 Å². The van der Waals surface area contributed by atoms with E-state index < -0.39 is 0 Å². The molecule has 1 aliphatic heterocycles. The van der Waals surface area contributed by atoms with Gasteiger partial charge in [-0.2, -0.15) is 0 Å². The zero-order valence-corrected chi connectivity index (χ0v) is 19.8. The summed E-state index contributed by atoms with van der Waals surface area (Å²) in [7, 11) is 3.27. The fraction of sp³-hybridized carbons (Fsp3) is 0.321. The van der Waals surface area contributed by atoms with Crippen LogP contribution in [-0.4, -0.2) is 38.2 Å². The summed E-state index contributed by atoms with van der Waals surface area (Å²) in [6, 6.07) is 19.6. The SMILES string of the molecule is CCc1ccc(OCC2c3cc(OC)c(OC)cc3CCN2C(=O)c2ccc(C)cc2)cc1. The number of carbonyl (C=O) groups is 1. The molecule has 0 saturated carbocycles. The Morgan fingerprint density at radius 1 is 0.970 bits per heavy atom. The maximum atomic E-state index is 13.5. The minimum Gasteiger partial charge on any atom is -0.493 e. The highest BCUT2D eigenvalue weighted by atomic mass is 16.5. The van der Waals surface area contributed by atoms with E-state index in [1.807, 2.05) is 60.4 Å². The van der Waals surface area contributed by atoms with Crippen molar-refractivity contribution in [2.45, 2.75) is 32.7 Å². The van der Waals surface area contributed by atoms with Crippen LogP contribution in [0.1, 0.15) is 45.6 Å². The van der Waals surface area contributed by atoms with Gasteiger partial charge in [-0.05, 0) is 72.9 Å². The van der Waals surface area contributed by atoms with Crippen molar-refractivity contribution in [3.8, 4) is 17.2 Å². The van der Waals surface area contributed by atoms with Gasteiger partial charge in [-0.25, -0.2) is 0 Å². The lowest BCUT2D eigenvalue weighted by Gasteiger charge is -2.37. The van der Waals surface area contributed by atoms with Crippen molar-refractivity contribution >= 4 is 5.91 Å². The molecule has 0 N–H and O–H groups in total. The number of hydrogen-bond acceptors (Lipinski definition) is 4. The molecule has 0 fully saturated rings. The number of methoxy groups -OCH3 is 2. The third-order valence-corrected chi connectivity index (χ3v) is 6.30. The molecule has 0 radical (unpaired) electrons. The molecule has 1 amide bonds. The van der Waals surface area contributed by atoms with Crippen molar-refractivity contribution < 1.29 is 19.0 Å². The molecule has 0 saturated heterocycles. The van der Waals surface area contributed by atoms with E-state index in [0.29, 0.717) is 30.2 Å². The fourth-order valence-corrected chi connectivity index (χ4v) is 4.31. The van der Waals surface area contributed by atoms with Crippen molar-refractivity contribution in [2.24, 2.45) is 0 Å². The third-order valence-electron chi connectivity index (χ3n) is 6.30. The van der Waals surface area contributed by atoms with Gasteiger partial charge in [0, 0.05) is 12.1 Å². The van der Waals surface area contributed by atoms with Gasteiger partial charge in [0.1, 0.15) is 12.4 Å². The smallest absolute Gasteiger partial charge is 0.254 e. The molecule has 0 spiro atoms. The molecular formula is C28H31NO4. The Labute approximate surface area is 195 Å². The molecule has 1 aliphatic rings. The number of benzene rings is 3. The molecule has 0 bridgehead atoms. The van der Waals surface area contributed by atoms with Crippen molar-refractivity contribution in [1.29, 1.82) is 0 Å². The first-order chi connectivity index (χ1) is 16.0.